The van der Waals surface area contributed by atoms with E-state index >= 15 is 0 Å². The predicted molar refractivity (Wildman–Crippen MR) is 130 cm³/mol. The highest BCUT2D eigenvalue weighted by Crippen LogP contribution is 2.28. The van der Waals surface area contributed by atoms with Crippen molar-refractivity contribution in [2.75, 3.05) is 0 Å². The van der Waals surface area contributed by atoms with Gasteiger partial charge in [-0.15, -0.1) is 0 Å². The summed E-state index contributed by atoms with van der Waals surface area (Å²) < 4.78 is 2.20. The van der Waals surface area contributed by atoms with E-state index in [-0.39, 0.29) is 6.42 Å². The van der Waals surface area contributed by atoms with E-state index in [4.69, 9.17) is 21.8 Å². The number of aliphatic hydroxyl groups excluding tert-OH is 1. The van der Waals surface area contributed by atoms with Crippen LogP contribution in [0, 0.1) is 0 Å². The fourth-order valence-electron chi connectivity index (χ4n) is 4.30. The van der Waals surface area contributed by atoms with Crippen LogP contribution in [0.3, 0.4) is 0 Å². The molecule has 34 heavy (non-hydrogen) atoms. The van der Waals surface area contributed by atoms with Crippen LogP contribution in [0.15, 0.2) is 54.7 Å². The fraction of sp³-hybridized carbons (Fsp3) is 0.385. The Morgan fingerprint density at radius 3 is 2.44 bits per heavy atom. The first kappa shape index (κ1) is 25.7. The average Bonchev–Trinajstić information content (AvgIpc) is 3.09. The molecule has 8 heteroatoms. The lowest BCUT2D eigenvalue weighted by molar-refractivity contribution is -0.168. The number of aliphatic hydroxyl groups is 2. The molecule has 0 aliphatic heterocycles. The molecule has 7 nitrogen and oxygen atoms in total. The molecule has 0 bridgehead atoms. The lowest BCUT2D eigenvalue weighted by Crippen LogP contribution is -2.43. The topological polar surface area (TPSA) is 120 Å². The number of fused-ring (bicyclic) bond motifs is 1. The third kappa shape index (κ3) is 6.82. The van der Waals surface area contributed by atoms with Gasteiger partial charge in [0.1, 0.15) is 0 Å². The second-order valence-corrected chi connectivity index (χ2v) is 9.22. The number of hydrogen-bond acceptors (Lipinski definition) is 4. The summed E-state index contributed by atoms with van der Waals surface area (Å²) in [6.07, 6.45) is 2.97. The number of carbonyl (C=O) groups is 2. The van der Waals surface area contributed by atoms with Crippen LogP contribution in [0.5, 0.6) is 0 Å². The number of hydrogen-bond donors (Lipinski definition) is 4. The van der Waals surface area contributed by atoms with Crippen LogP contribution < -0.4 is 0 Å². The molecule has 2 aromatic carbocycles. The van der Waals surface area contributed by atoms with Gasteiger partial charge < -0.3 is 25.0 Å². The van der Waals surface area contributed by atoms with Gasteiger partial charge in [-0.2, -0.15) is 0 Å². The largest absolute Gasteiger partial charge is 0.481 e. The van der Waals surface area contributed by atoms with Gasteiger partial charge in [0.2, 0.25) is 0 Å². The van der Waals surface area contributed by atoms with E-state index in [0.29, 0.717) is 11.4 Å². The Bertz CT molecular complexity index is 1130. The minimum absolute atomic E-state index is 0.288. The van der Waals surface area contributed by atoms with Crippen molar-refractivity contribution in [1.29, 1.82) is 0 Å². The molecule has 0 saturated heterocycles. The van der Waals surface area contributed by atoms with Gasteiger partial charge in [-0.05, 0) is 48.6 Å². The predicted octanol–water partition coefficient (Wildman–Crippen LogP) is 4.49. The molecule has 3 rings (SSSR count). The van der Waals surface area contributed by atoms with Gasteiger partial charge in [0, 0.05) is 35.1 Å². The number of nitrogens with zero attached hydrogens (tertiary/aromatic N) is 1. The summed E-state index contributed by atoms with van der Waals surface area (Å²) in [6.45, 7) is 0.779. The Hall–Kier alpha value is -2.87. The average molecular weight is 488 g/mol. The summed E-state index contributed by atoms with van der Waals surface area (Å²) in [7, 11) is 0. The van der Waals surface area contributed by atoms with Gasteiger partial charge in [-0.3, -0.25) is 4.79 Å². The van der Waals surface area contributed by atoms with E-state index in [0.717, 1.165) is 36.7 Å². The number of carboxylic acids is 2. The van der Waals surface area contributed by atoms with Crippen LogP contribution in [0.4, 0.5) is 0 Å². The molecule has 1 heterocycles. The standard InChI is InChI=1S/C26H30ClNO6/c27-20-10-11-23-22(14-20)19(13-18-7-3-1-4-8-18)17-28(23)12-6-2-5-9-21(29)15-26(34,25(32)33)16-24(30)31/h1,3-4,7-8,10-11,14,17,21,29,34H,2,5-6,9,12-13,15-16H2,(H,30,31)(H,32,33)/t21-,26+/m1/s1. The molecule has 3 aromatic rings. The van der Waals surface area contributed by atoms with E-state index in [9.17, 15) is 19.8 Å². The Balaban J connectivity index is 1.56. The number of rotatable bonds is 13. The van der Waals surface area contributed by atoms with Gasteiger partial charge >= 0.3 is 11.9 Å². The lowest BCUT2D eigenvalue weighted by atomic mass is 9.90. The Morgan fingerprint density at radius 1 is 1.03 bits per heavy atom. The minimum Gasteiger partial charge on any atom is -0.481 e. The number of halogens is 1. The monoisotopic (exact) mass is 487 g/mol. The van der Waals surface area contributed by atoms with Gasteiger partial charge in [-0.1, -0.05) is 54.8 Å². The third-order valence-electron chi connectivity index (χ3n) is 6.01. The summed E-state index contributed by atoms with van der Waals surface area (Å²) in [4.78, 5) is 22.1. The first-order chi connectivity index (χ1) is 16.2. The summed E-state index contributed by atoms with van der Waals surface area (Å²) in [6, 6.07) is 16.1. The number of aliphatic carboxylic acids is 2. The summed E-state index contributed by atoms with van der Waals surface area (Å²) in [5, 5.41) is 40.0. The maximum atomic E-state index is 11.2. The van der Waals surface area contributed by atoms with E-state index in [1.165, 1.54) is 11.1 Å². The SMILES string of the molecule is O=C(O)C[C@@](O)(C[C@H](O)CCCCCn1cc(Cc2ccccc2)c2cc(Cl)ccc21)C(=O)O. The molecule has 182 valence electrons. The first-order valence-electron chi connectivity index (χ1n) is 11.3. The molecule has 0 radical (unpaired) electrons. The summed E-state index contributed by atoms with van der Waals surface area (Å²) in [5.41, 5.74) is 1.06. The second kappa shape index (κ2) is 11.5. The van der Waals surface area contributed by atoms with Crippen molar-refractivity contribution < 1.29 is 30.0 Å². The number of carboxylic acid groups (broad SMARTS) is 2. The van der Waals surface area contributed by atoms with Crippen LogP contribution in [-0.4, -0.2) is 48.6 Å². The first-order valence-corrected chi connectivity index (χ1v) is 11.7. The quantitative estimate of drug-likeness (QED) is 0.264. The smallest absolute Gasteiger partial charge is 0.336 e. The third-order valence-corrected chi connectivity index (χ3v) is 6.25. The number of aromatic nitrogens is 1. The molecular weight excluding hydrogens is 458 g/mol. The molecule has 0 spiro atoms. The summed E-state index contributed by atoms with van der Waals surface area (Å²) >= 11 is 6.25. The molecule has 0 saturated carbocycles. The maximum Gasteiger partial charge on any atom is 0.336 e. The normalized spacial score (nSPS) is 14.1. The van der Waals surface area contributed by atoms with Crippen LogP contribution in [-0.2, 0) is 22.6 Å². The van der Waals surface area contributed by atoms with Crippen molar-refractivity contribution in [3.8, 4) is 0 Å². The van der Waals surface area contributed by atoms with Crippen molar-refractivity contribution in [3.63, 3.8) is 0 Å². The highest BCUT2D eigenvalue weighted by Gasteiger charge is 2.40. The number of unbranched alkanes of at least 4 members (excludes halogenated alkanes) is 2. The highest BCUT2D eigenvalue weighted by atomic mass is 35.5. The van der Waals surface area contributed by atoms with Crippen LogP contribution >= 0.6 is 11.6 Å². The molecular formula is C26H30ClNO6. The molecule has 0 amide bonds. The number of benzene rings is 2. The number of aryl methyl sites for hydroxylation is 1. The minimum atomic E-state index is -2.47. The van der Waals surface area contributed by atoms with Crippen LogP contribution in [0.1, 0.15) is 49.7 Å². The molecule has 1 aromatic heterocycles. The summed E-state index contributed by atoms with van der Waals surface area (Å²) in [5.74, 6) is -3.07. The molecule has 0 unspecified atom stereocenters. The maximum absolute atomic E-state index is 11.2. The van der Waals surface area contributed by atoms with E-state index < -0.39 is 36.5 Å². The molecule has 4 N–H and O–H groups in total. The van der Waals surface area contributed by atoms with E-state index in [1.54, 1.807) is 0 Å². The van der Waals surface area contributed by atoms with Gasteiger partial charge in [-0.25, -0.2) is 4.79 Å². The van der Waals surface area contributed by atoms with Gasteiger partial charge in [0.05, 0.1) is 12.5 Å². The van der Waals surface area contributed by atoms with Crippen molar-refractivity contribution >= 4 is 34.4 Å². The van der Waals surface area contributed by atoms with Crippen LogP contribution in [0.25, 0.3) is 10.9 Å². The molecule has 0 aliphatic rings. The zero-order valence-corrected chi connectivity index (χ0v) is 19.6. The van der Waals surface area contributed by atoms with E-state index in [2.05, 4.69) is 22.9 Å². The van der Waals surface area contributed by atoms with Gasteiger partial charge in [0.15, 0.2) is 5.60 Å². The van der Waals surface area contributed by atoms with Crippen molar-refractivity contribution in [3.05, 3.63) is 70.9 Å². The van der Waals surface area contributed by atoms with Gasteiger partial charge in [0.25, 0.3) is 0 Å². The second-order valence-electron chi connectivity index (χ2n) is 8.79. The van der Waals surface area contributed by atoms with E-state index in [1.807, 2.05) is 36.4 Å². The fourth-order valence-corrected chi connectivity index (χ4v) is 4.47. The zero-order chi connectivity index (χ0) is 24.7. The molecule has 0 aliphatic carbocycles. The molecule has 0 fully saturated rings. The van der Waals surface area contributed by atoms with Crippen molar-refractivity contribution in [2.24, 2.45) is 0 Å². The lowest BCUT2D eigenvalue weighted by Gasteiger charge is -2.24. The Kier molecular flexibility index (Phi) is 8.72. The molecule has 2 atom stereocenters. The Labute approximate surface area is 203 Å². The van der Waals surface area contributed by atoms with Crippen molar-refractivity contribution in [1.82, 2.24) is 4.57 Å². The van der Waals surface area contributed by atoms with Crippen molar-refractivity contribution in [2.45, 2.75) is 63.2 Å². The zero-order valence-electron chi connectivity index (χ0n) is 18.9. The highest BCUT2D eigenvalue weighted by molar-refractivity contribution is 6.31. The Morgan fingerprint density at radius 2 is 1.76 bits per heavy atom. The van der Waals surface area contributed by atoms with Crippen LogP contribution in [0.2, 0.25) is 5.02 Å².